The maximum Gasteiger partial charge on any atom is 0.311 e. The molecule has 0 aromatic heterocycles. The Morgan fingerprint density at radius 2 is 1.94 bits per heavy atom. The van der Waals surface area contributed by atoms with Crippen molar-refractivity contribution < 1.29 is 28.8 Å². The Labute approximate surface area is 204 Å². The van der Waals surface area contributed by atoms with Crippen LogP contribution in [0.15, 0.2) is 36.4 Å². The summed E-state index contributed by atoms with van der Waals surface area (Å²) in [5, 5.41) is 17.5. The van der Waals surface area contributed by atoms with Crippen LogP contribution in [-0.4, -0.2) is 41.7 Å². The van der Waals surface area contributed by atoms with Crippen LogP contribution in [0, 0.1) is 28.9 Å². The van der Waals surface area contributed by atoms with E-state index in [2.05, 4.69) is 10.6 Å². The summed E-state index contributed by atoms with van der Waals surface area (Å²) in [5.74, 6) is -4.41. The van der Waals surface area contributed by atoms with Gasteiger partial charge in [-0.1, -0.05) is 18.2 Å². The van der Waals surface area contributed by atoms with Gasteiger partial charge in [0.1, 0.15) is 5.54 Å². The number of amides is 4. The van der Waals surface area contributed by atoms with Crippen molar-refractivity contribution >= 4 is 40.7 Å². The molecule has 2 saturated heterocycles. The summed E-state index contributed by atoms with van der Waals surface area (Å²) in [6, 6.07) is 8.73. The van der Waals surface area contributed by atoms with E-state index < -0.39 is 52.0 Å². The van der Waals surface area contributed by atoms with E-state index in [9.17, 15) is 29.3 Å². The third-order valence-electron chi connectivity index (χ3n) is 7.26. The summed E-state index contributed by atoms with van der Waals surface area (Å²) < 4.78 is 5.15. The van der Waals surface area contributed by atoms with Crippen molar-refractivity contribution in [3.63, 3.8) is 0 Å². The number of hydrogen-bond acceptors (Lipinski definition) is 8. The van der Waals surface area contributed by atoms with Gasteiger partial charge in [-0.2, -0.15) is 0 Å². The first-order valence-corrected chi connectivity index (χ1v) is 11.3. The fourth-order valence-corrected chi connectivity index (χ4v) is 5.75. The molecule has 2 aromatic rings. The molecule has 5 rings (SSSR count). The number of rotatable bonds is 6. The van der Waals surface area contributed by atoms with E-state index in [4.69, 9.17) is 10.5 Å². The maximum absolute atomic E-state index is 14.0. The molecular formula is C24H23N5O7. The number of aryl methyl sites for hydroxylation is 1. The Kier molecular flexibility index (Phi) is 5.29. The molecule has 0 radical (unpaired) electrons. The highest BCUT2D eigenvalue weighted by atomic mass is 16.6. The quantitative estimate of drug-likeness (QED) is 0.305. The first kappa shape index (κ1) is 23.4. The highest BCUT2D eigenvalue weighted by molar-refractivity contribution is 6.26. The second-order valence-electron chi connectivity index (χ2n) is 9.15. The molecule has 0 bridgehead atoms. The Balaban J connectivity index is 1.66. The number of nitro groups is 1. The number of nitrogens with one attached hydrogen (secondary N) is 2. The van der Waals surface area contributed by atoms with E-state index in [1.54, 1.807) is 31.2 Å². The lowest BCUT2D eigenvalue weighted by Gasteiger charge is -2.29. The molecule has 4 atom stereocenters. The minimum absolute atomic E-state index is 0.0495. The van der Waals surface area contributed by atoms with Crippen molar-refractivity contribution in [1.82, 2.24) is 5.32 Å². The molecule has 4 N–H and O–H groups in total. The number of ether oxygens (including phenoxy) is 1. The minimum Gasteiger partial charge on any atom is -0.490 e. The number of benzene rings is 2. The number of imide groups is 1. The van der Waals surface area contributed by atoms with Gasteiger partial charge in [0.2, 0.25) is 23.6 Å². The summed E-state index contributed by atoms with van der Waals surface area (Å²) >= 11 is 0. The lowest BCUT2D eigenvalue weighted by Crippen LogP contribution is -2.53. The molecule has 4 amide bonds. The van der Waals surface area contributed by atoms with Crippen molar-refractivity contribution in [3.8, 4) is 5.75 Å². The Morgan fingerprint density at radius 1 is 1.22 bits per heavy atom. The summed E-state index contributed by atoms with van der Waals surface area (Å²) in [7, 11) is 1.25. The van der Waals surface area contributed by atoms with Gasteiger partial charge < -0.3 is 15.8 Å². The van der Waals surface area contributed by atoms with Crippen molar-refractivity contribution in [1.29, 1.82) is 0 Å². The average molecular weight is 493 g/mol. The lowest BCUT2D eigenvalue weighted by molar-refractivity contribution is -0.385. The standard InChI is InChI=1S/C24H23N5O7/c1-11-9-16(29(34)35)17(36-2)10-15(11)28-21(31)19-14(7-8-18(25)30)27-24(20(19)22(28)32)12-5-3-4-6-13(12)26-23(24)33/h3-6,9-10,14,19-20,27H,7-8H2,1-2H3,(H2,25,30)(H,26,33)/t14-,19-,20+,24-/m1/s1. The van der Waals surface area contributed by atoms with Crippen LogP contribution in [-0.2, 0) is 24.7 Å². The third kappa shape index (κ3) is 3.10. The minimum atomic E-state index is -1.52. The van der Waals surface area contributed by atoms with Crippen LogP contribution in [0.5, 0.6) is 5.75 Å². The highest BCUT2D eigenvalue weighted by Gasteiger charge is 2.70. The molecule has 2 aromatic carbocycles. The summed E-state index contributed by atoms with van der Waals surface area (Å²) in [5.41, 5.74) is 5.03. The van der Waals surface area contributed by atoms with E-state index in [0.717, 1.165) is 4.90 Å². The summed E-state index contributed by atoms with van der Waals surface area (Å²) in [6.07, 6.45) is 0.0925. The van der Waals surface area contributed by atoms with Crippen LogP contribution in [0.1, 0.15) is 24.0 Å². The van der Waals surface area contributed by atoms with Gasteiger partial charge in [0.25, 0.3) is 0 Å². The van der Waals surface area contributed by atoms with Gasteiger partial charge in [-0.05, 0) is 25.0 Å². The third-order valence-corrected chi connectivity index (χ3v) is 7.26. The largest absolute Gasteiger partial charge is 0.490 e. The number of primary amides is 1. The molecule has 186 valence electrons. The van der Waals surface area contributed by atoms with Gasteiger partial charge in [0, 0.05) is 35.8 Å². The first-order chi connectivity index (χ1) is 17.1. The van der Waals surface area contributed by atoms with Crippen LogP contribution in [0.2, 0.25) is 0 Å². The van der Waals surface area contributed by atoms with Crippen molar-refractivity contribution in [2.24, 2.45) is 17.6 Å². The molecule has 12 nitrogen and oxygen atoms in total. The van der Waals surface area contributed by atoms with Gasteiger partial charge in [-0.3, -0.25) is 34.6 Å². The van der Waals surface area contributed by atoms with Crippen LogP contribution >= 0.6 is 0 Å². The number of nitrogens with two attached hydrogens (primary N) is 1. The Morgan fingerprint density at radius 3 is 2.61 bits per heavy atom. The normalized spacial score (nSPS) is 26.2. The number of fused-ring (bicyclic) bond motifs is 4. The molecule has 36 heavy (non-hydrogen) atoms. The molecule has 1 spiro atoms. The molecule has 12 heteroatoms. The molecule has 0 saturated carbocycles. The van der Waals surface area contributed by atoms with Crippen LogP contribution in [0.25, 0.3) is 0 Å². The fraction of sp³-hybridized carbons (Fsp3) is 0.333. The monoisotopic (exact) mass is 493 g/mol. The second-order valence-corrected chi connectivity index (χ2v) is 9.15. The topological polar surface area (TPSA) is 174 Å². The summed E-state index contributed by atoms with van der Waals surface area (Å²) in [6.45, 7) is 1.55. The van der Waals surface area contributed by atoms with Gasteiger partial charge in [-0.25, -0.2) is 4.90 Å². The molecule has 3 aliphatic heterocycles. The smallest absolute Gasteiger partial charge is 0.311 e. The van der Waals surface area contributed by atoms with Crippen molar-refractivity contribution in [2.75, 3.05) is 17.3 Å². The molecule has 3 heterocycles. The zero-order chi connectivity index (χ0) is 25.9. The van der Waals surface area contributed by atoms with Crippen LogP contribution < -0.4 is 26.0 Å². The zero-order valence-corrected chi connectivity index (χ0v) is 19.4. The molecular weight excluding hydrogens is 470 g/mol. The van der Waals surface area contributed by atoms with Gasteiger partial charge in [-0.15, -0.1) is 0 Å². The fourth-order valence-electron chi connectivity index (χ4n) is 5.75. The molecule has 0 unspecified atom stereocenters. The predicted octanol–water partition coefficient (Wildman–Crippen LogP) is 1.10. The zero-order valence-electron chi connectivity index (χ0n) is 19.4. The van der Waals surface area contributed by atoms with Gasteiger partial charge in [0.15, 0.2) is 5.75 Å². The van der Waals surface area contributed by atoms with Crippen molar-refractivity contribution in [2.45, 2.75) is 31.3 Å². The Bertz CT molecular complexity index is 1360. The van der Waals surface area contributed by atoms with E-state index >= 15 is 0 Å². The van der Waals surface area contributed by atoms with Crippen molar-refractivity contribution in [3.05, 3.63) is 57.6 Å². The lowest BCUT2D eigenvalue weighted by atomic mass is 9.76. The first-order valence-electron chi connectivity index (χ1n) is 11.3. The second kappa shape index (κ2) is 8.12. The summed E-state index contributed by atoms with van der Waals surface area (Å²) in [4.78, 5) is 64.6. The van der Waals surface area contributed by atoms with E-state index in [1.807, 2.05) is 0 Å². The number of methoxy groups -OCH3 is 1. The maximum atomic E-state index is 14.0. The van der Waals surface area contributed by atoms with Crippen LogP contribution in [0.4, 0.5) is 17.1 Å². The molecule has 2 fully saturated rings. The SMILES string of the molecule is COc1cc(N2C(=O)[C@H]3[C@@H](C2=O)[C@@]2(N[C@@H]3CCC(N)=O)C(=O)Nc3ccccc32)c(C)cc1[N+](=O)[O-]. The number of hydrogen-bond donors (Lipinski definition) is 3. The van der Waals surface area contributed by atoms with Crippen LogP contribution in [0.3, 0.4) is 0 Å². The van der Waals surface area contributed by atoms with E-state index in [0.29, 0.717) is 16.8 Å². The Hall–Kier alpha value is -4.32. The number of carbonyl (C=O) groups excluding carboxylic acids is 4. The number of carbonyl (C=O) groups is 4. The number of anilines is 2. The van der Waals surface area contributed by atoms with Gasteiger partial charge >= 0.3 is 5.69 Å². The predicted molar refractivity (Wildman–Crippen MR) is 126 cm³/mol. The van der Waals surface area contributed by atoms with E-state index in [-0.39, 0.29) is 30.0 Å². The van der Waals surface area contributed by atoms with E-state index in [1.165, 1.54) is 19.2 Å². The molecule has 0 aliphatic carbocycles. The average Bonchev–Trinajstić information content (AvgIpc) is 3.42. The number of nitrogens with zero attached hydrogens (tertiary/aromatic N) is 2. The molecule has 3 aliphatic rings. The highest BCUT2D eigenvalue weighted by Crippen LogP contribution is 2.54. The number of para-hydroxylation sites is 1. The number of nitro benzene ring substituents is 1. The van der Waals surface area contributed by atoms with Gasteiger partial charge in [0.05, 0.1) is 29.6 Å².